The molecular formula is C16H13N3O4S. The van der Waals surface area contributed by atoms with E-state index in [1.54, 1.807) is 12.1 Å². The normalized spacial score (nSPS) is 16.4. The highest BCUT2D eigenvalue weighted by Gasteiger charge is 2.36. The highest BCUT2D eigenvalue weighted by Crippen LogP contribution is 2.34. The smallest absolute Gasteiger partial charge is 0.223 e. The van der Waals surface area contributed by atoms with Crippen molar-refractivity contribution in [1.29, 1.82) is 0 Å². The van der Waals surface area contributed by atoms with E-state index in [0.717, 1.165) is 11.3 Å². The van der Waals surface area contributed by atoms with Gasteiger partial charge in [0.2, 0.25) is 5.91 Å². The third kappa shape index (κ3) is 3.00. The second-order valence-electron chi connectivity index (χ2n) is 5.44. The summed E-state index contributed by atoms with van der Waals surface area (Å²) in [7, 11) is 0. The van der Waals surface area contributed by atoms with Crippen molar-refractivity contribution in [3.05, 3.63) is 45.3 Å². The number of aromatic nitrogens is 1. The van der Waals surface area contributed by atoms with Gasteiger partial charge in [-0.15, -0.1) is 4.91 Å². The van der Waals surface area contributed by atoms with Crippen LogP contribution < -0.4 is 5.32 Å². The van der Waals surface area contributed by atoms with Crippen LogP contribution in [0.25, 0.3) is 0 Å². The van der Waals surface area contributed by atoms with Crippen molar-refractivity contribution in [3.8, 4) is 0 Å². The Kier molecular flexibility index (Phi) is 4.30. The quantitative estimate of drug-likeness (QED) is 0.521. The monoisotopic (exact) mass is 343 g/mol. The average Bonchev–Trinajstić information content (AvgIpc) is 2.97. The lowest BCUT2D eigenvalue weighted by Gasteiger charge is -2.18. The van der Waals surface area contributed by atoms with Crippen LogP contribution in [0.1, 0.15) is 39.1 Å². The van der Waals surface area contributed by atoms with Crippen LogP contribution in [0.2, 0.25) is 0 Å². The minimum atomic E-state index is -0.801. The van der Waals surface area contributed by atoms with Crippen LogP contribution in [0.5, 0.6) is 0 Å². The van der Waals surface area contributed by atoms with E-state index in [1.165, 1.54) is 19.1 Å². The Hall–Kier alpha value is -2.74. The van der Waals surface area contributed by atoms with Gasteiger partial charge in [-0.3, -0.25) is 14.4 Å². The summed E-state index contributed by atoms with van der Waals surface area (Å²) in [6.07, 6.45) is 0.839. The number of ketones is 2. The van der Waals surface area contributed by atoms with Gasteiger partial charge in [0.05, 0.1) is 16.5 Å². The Morgan fingerprint density at radius 2 is 2.17 bits per heavy atom. The van der Waals surface area contributed by atoms with Gasteiger partial charge in [-0.2, -0.15) is 0 Å². The molecule has 24 heavy (non-hydrogen) atoms. The fourth-order valence-corrected chi connectivity index (χ4v) is 3.71. The molecule has 7 nitrogen and oxygen atoms in total. The zero-order valence-corrected chi connectivity index (χ0v) is 13.6. The molecule has 0 fully saturated rings. The van der Waals surface area contributed by atoms with Gasteiger partial charge >= 0.3 is 0 Å². The maximum Gasteiger partial charge on any atom is 0.223 e. The van der Waals surface area contributed by atoms with Gasteiger partial charge in [-0.25, -0.2) is 4.98 Å². The summed E-state index contributed by atoms with van der Waals surface area (Å²) < 4.78 is 0. The predicted molar refractivity (Wildman–Crippen MR) is 88.8 cm³/mol. The van der Waals surface area contributed by atoms with Crippen LogP contribution >= 0.6 is 11.3 Å². The lowest BCUT2D eigenvalue weighted by Crippen LogP contribution is -2.28. The van der Waals surface area contributed by atoms with Crippen molar-refractivity contribution in [1.82, 2.24) is 4.98 Å². The fourth-order valence-electron chi connectivity index (χ4n) is 2.66. The van der Waals surface area contributed by atoms with Crippen molar-refractivity contribution in [2.24, 2.45) is 11.1 Å². The molecule has 122 valence electrons. The van der Waals surface area contributed by atoms with Crippen molar-refractivity contribution in [2.45, 2.75) is 19.8 Å². The Morgan fingerprint density at radius 3 is 2.88 bits per heavy atom. The summed E-state index contributed by atoms with van der Waals surface area (Å²) in [6, 6.07) is 6.00. The van der Waals surface area contributed by atoms with Gasteiger partial charge in [-0.05, 0) is 30.2 Å². The van der Waals surface area contributed by atoms with Gasteiger partial charge in [0, 0.05) is 12.5 Å². The lowest BCUT2D eigenvalue weighted by molar-refractivity contribution is -0.114. The van der Waals surface area contributed by atoms with Gasteiger partial charge in [0.15, 0.2) is 16.7 Å². The SMILES string of the molecule is CC(=O)Nc1nc2c(s1)C(=O)C(C(=O)c1cccc(N=O)c1)CC2. The first-order valence-electron chi connectivity index (χ1n) is 7.28. The summed E-state index contributed by atoms with van der Waals surface area (Å²) >= 11 is 1.08. The third-order valence-electron chi connectivity index (χ3n) is 3.74. The van der Waals surface area contributed by atoms with E-state index in [-0.39, 0.29) is 23.2 Å². The Morgan fingerprint density at radius 1 is 1.38 bits per heavy atom. The largest absolute Gasteiger partial charge is 0.302 e. The van der Waals surface area contributed by atoms with E-state index in [1.807, 2.05) is 0 Å². The number of hydrogen-bond acceptors (Lipinski definition) is 7. The van der Waals surface area contributed by atoms with E-state index in [0.29, 0.717) is 34.1 Å². The molecule has 1 atom stereocenters. The lowest BCUT2D eigenvalue weighted by atomic mass is 9.84. The first-order chi connectivity index (χ1) is 11.5. The standard InChI is InChI=1S/C16H13N3O4S/c1-8(20)17-16-18-12-6-5-11(14(22)15(12)24-16)13(21)9-3-2-4-10(7-9)19-23/h2-4,7,11H,5-6H2,1H3,(H,17,18,20). The summed E-state index contributed by atoms with van der Waals surface area (Å²) in [4.78, 5) is 51.6. The highest BCUT2D eigenvalue weighted by atomic mass is 32.1. The van der Waals surface area contributed by atoms with Gasteiger partial charge < -0.3 is 5.32 Å². The molecule has 1 aliphatic carbocycles. The molecule has 0 bridgehead atoms. The zero-order valence-electron chi connectivity index (χ0n) is 12.7. The molecule has 1 aromatic heterocycles. The molecular weight excluding hydrogens is 330 g/mol. The van der Waals surface area contributed by atoms with Crippen LogP contribution in [0.4, 0.5) is 10.8 Å². The van der Waals surface area contributed by atoms with Crippen molar-refractivity contribution < 1.29 is 14.4 Å². The van der Waals surface area contributed by atoms with Gasteiger partial charge in [0.25, 0.3) is 0 Å². The van der Waals surface area contributed by atoms with Crippen LogP contribution in [-0.4, -0.2) is 22.5 Å². The van der Waals surface area contributed by atoms with Crippen LogP contribution in [0, 0.1) is 10.8 Å². The highest BCUT2D eigenvalue weighted by molar-refractivity contribution is 7.17. The van der Waals surface area contributed by atoms with Crippen LogP contribution in [0.3, 0.4) is 0 Å². The van der Waals surface area contributed by atoms with E-state index >= 15 is 0 Å². The molecule has 2 aromatic rings. The molecule has 0 saturated heterocycles. The van der Waals surface area contributed by atoms with Crippen LogP contribution in [0.15, 0.2) is 29.4 Å². The molecule has 0 radical (unpaired) electrons. The minimum Gasteiger partial charge on any atom is -0.302 e. The number of benzene rings is 1. The second kappa shape index (κ2) is 6.40. The molecule has 3 rings (SSSR count). The summed E-state index contributed by atoms with van der Waals surface area (Å²) in [6.45, 7) is 1.36. The molecule has 1 unspecified atom stereocenters. The predicted octanol–water partition coefficient (Wildman–Crippen LogP) is 3.13. The molecule has 0 spiro atoms. The fraction of sp³-hybridized carbons (Fsp3) is 0.250. The summed E-state index contributed by atoms with van der Waals surface area (Å²) in [5.41, 5.74) is 1.05. The number of carbonyl (C=O) groups is 3. The number of hydrogen-bond donors (Lipinski definition) is 1. The average molecular weight is 343 g/mol. The summed E-state index contributed by atoms with van der Waals surface area (Å²) in [5, 5.41) is 5.73. The Labute approximate surface area is 141 Å². The molecule has 1 aliphatic rings. The van der Waals surface area contributed by atoms with E-state index in [2.05, 4.69) is 15.5 Å². The molecule has 1 N–H and O–H groups in total. The first kappa shape index (κ1) is 16.1. The zero-order chi connectivity index (χ0) is 17.3. The topological polar surface area (TPSA) is 106 Å². The number of carbonyl (C=O) groups excluding carboxylic acids is 3. The summed E-state index contributed by atoms with van der Waals surface area (Å²) in [5.74, 6) is -1.69. The molecule has 1 amide bonds. The van der Waals surface area contributed by atoms with E-state index in [9.17, 15) is 19.3 Å². The van der Waals surface area contributed by atoms with Crippen LogP contribution in [-0.2, 0) is 11.2 Å². The van der Waals surface area contributed by atoms with E-state index < -0.39 is 5.92 Å². The first-order valence-corrected chi connectivity index (χ1v) is 8.10. The van der Waals surface area contributed by atoms with E-state index in [4.69, 9.17) is 0 Å². The second-order valence-corrected chi connectivity index (χ2v) is 6.44. The third-order valence-corrected chi connectivity index (χ3v) is 4.77. The number of Topliss-reactive ketones (excluding diaryl/α,β-unsaturated/α-hetero) is 2. The number of nitrogens with zero attached hydrogens (tertiary/aromatic N) is 2. The number of nitroso groups, excluding NO2 is 1. The number of aryl methyl sites for hydroxylation is 1. The Bertz CT molecular complexity index is 859. The van der Waals surface area contributed by atoms with Crippen molar-refractivity contribution in [2.75, 3.05) is 5.32 Å². The molecule has 1 aromatic carbocycles. The minimum absolute atomic E-state index is 0.149. The van der Waals surface area contributed by atoms with Gasteiger partial charge in [-0.1, -0.05) is 23.5 Å². The van der Waals surface area contributed by atoms with Gasteiger partial charge in [0.1, 0.15) is 5.69 Å². The molecule has 1 heterocycles. The number of anilines is 1. The van der Waals surface area contributed by atoms with Crippen molar-refractivity contribution in [3.63, 3.8) is 0 Å². The maximum atomic E-state index is 12.6. The Balaban J connectivity index is 1.87. The maximum absolute atomic E-state index is 12.6. The molecule has 0 aliphatic heterocycles. The molecule has 0 saturated carbocycles. The number of fused-ring (bicyclic) bond motifs is 1. The number of thiazole rings is 1. The number of rotatable bonds is 4. The number of nitrogens with one attached hydrogen (secondary N) is 1. The molecule has 8 heteroatoms. The van der Waals surface area contributed by atoms with Crippen molar-refractivity contribution >= 4 is 39.6 Å². The number of amides is 1.